The van der Waals surface area contributed by atoms with E-state index >= 15 is 0 Å². The fourth-order valence-corrected chi connectivity index (χ4v) is 7.52. The van der Waals surface area contributed by atoms with Gasteiger partial charge in [0, 0.05) is 44.3 Å². The molecule has 3 heterocycles. The highest BCUT2D eigenvalue weighted by atomic mass is 32.2. The molecule has 2 aliphatic heterocycles. The zero-order chi connectivity index (χ0) is 24.6. The van der Waals surface area contributed by atoms with Crippen LogP contribution in [0, 0.1) is 0 Å². The Morgan fingerprint density at radius 2 is 1.77 bits per heavy atom. The molecule has 1 unspecified atom stereocenters. The molecule has 10 heteroatoms. The number of piperazine rings is 1. The summed E-state index contributed by atoms with van der Waals surface area (Å²) in [6, 6.07) is 12.3. The van der Waals surface area contributed by atoms with Crippen molar-refractivity contribution in [3.63, 3.8) is 0 Å². The first-order chi connectivity index (χ1) is 16.9. The van der Waals surface area contributed by atoms with E-state index in [9.17, 15) is 13.2 Å². The lowest BCUT2D eigenvalue weighted by Gasteiger charge is -2.34. The smallest absolute Gasteiger partial charge is 0.253 e. The van der Waals surface area contributed by atoms with E-state index < -0.39 is 10.0 Å². The topological polar surface area (TPSA) is 83.0 Å². The first-order valence-electron chi connectivity index (χ1n) is 12.0. The third kappa shape index (κ3) is 4.74. The van der Waals surface area contributed by atoms with E-state index in [0.29, 0.717) is 38.3 Å². The molecule has 0 N–H and O–H groups in total. The maximum atomic E-state index is 13.1. The standard InChI is InChI=1S/C25H30N4O4S2/c1-18-5-3-4-12-29(18)35(31,32)21-9-6-19(7-10-21)24(30)27-13-15-28(16-14-27)25-26-22-11-8-20(33-2)17-23(22)34-25/h6-11,17-18H,3-5,12-16H2,1-2H3. The summed E-state index contributed by atoms with van der Waals surface area (Å²) in [4.78, 5) is 22.1. The van der Waals surface area contributed by atoms with Crippen LogP contribution in [0.5, 0.6) is 5.75 Å². The number of rotatable bonds is 5. The maximum Gasteiger partial charge on any atom is 0.253 e. The average molecular weight is 515 g/mol. The van der Waals surface area contributed by atoms with Crippen LogP contribution in [0.4, 0.5) is 5.13 Å². The lowest BCUT2D eigenvalue weighted by Crippen LogP contribution is -2.48. The number of hydrogen-bond donors (Lipinski definition) is 0. The van der Waals surface area contributed by atoms with Gasteiger partial charge in [0.25, 0.3) is 5.91 Å². The normalized spacial score (nSPS) is 19.8. The van der Waals surface area contributed by atoms with E-state index in [4.69, 9.17) is 9.72 Å². The van der Waals surface area contributed by atoms with Crippen LogP contribution in [0.3, 0.4) is 0 Å². The monoisotopic (exact) mass is 514 g/mol. The Morgan fingerprint density at radius 1 is 1.03 bits per heavy atom. The summed E-state index contributed by atoms with van der Waals surface area (Å²) in [5.74, 6) is 0.737. The zero-order valence-corrected chi connectivity index (χ0v) is 21.6. The largest absolute Gasteiger partial charge is 0.497 e. The molecule has 0 aliphatic carbocycles. The quantitative estimate of drug-likeness (QED) is 0.515. The van der Waals surface area contributed by atoms with Gasteiger partial charge in [-0.1, -0.05) is 17.8 Å². The summed E-state index contributed by atoms with van der Waals surface area (Å²) in [5.41, 5.74) is 1.45. The number of piperidine rings is 1. The van der Waals surface area contributed by atoms with Crippen molar-refractivity contribution in [3.05, 3.63) is 48.0 Å². The number of nitrogens with zero attached hydrogens (tertiary/aromatic N) is 4. The Morgan fingerprint density at radius 3 is 2.46 bits per heavy atom. The number of carbonyl (C=O) groups is 1. The maximum absolute atomic E-state index is 13.1. The Balaban J connectivity index is 1.23. The number of thiazole rings is 1. The average Bonchev–Trinajstić information content (AvgIpc) is 3.32. The van der Waals surface area contributed by atoms with Gasteiger partial charge in [-0.15, -0.1) is 0 Å². The Labute approximate surface area is 210 Å². The van der Waals surface area contributed by atoms with Gasteiger partial charge >= 0.3 is 0 Å². The summed E-state index contributed by atoms with van der Waals surface area (Å²) in [5, 5.41) is 0.946. The number of aromatic nitrogens is 1. The van der Waals surface area contributed by atoms with Crippen LogP contribution >= 0.6 is 11.3 Å². The molecule has 5 rings (SSSR count). The minimum Gasteiger partial charge on any atom is -0.497 e. The minimum absolute atomic E-state index is 0.00353. The van der Waals surface area contributed by atoms with Crippen molar-refractivity contribution in [2.45, 2.75) is 37.1 Å². The lowest BCUT2D eigenvalue weighted by atomic mass is 10.1. The fraction of sp³-hybridized carbons (Fsp3) is 0.440. The molecule has 1 aromatic heterocycles. The summed E-state index contributed by atoms with van der Waals surface area (Å²) < 4.78 is 34.1. The molecule has 1 amide bonds. The number of anilines is 1. The molecule has 0 saturated carbocycles. The molecular formula is C25H30N4O4S2. The SMILES string of the molecule is COc1ccc2nc(N3CCN(C(=O)c4ccc(S(=O)(=O)N5CCCCC5C)cc4)CC3)sc2c1. The predicted octanol–water partition coefficient (Wildman–Crippen LogP) is 3.83. The van der Waals surface area contributed by atoms with Gasteiger partial charge in [-0.05, 0) is 62.2 Å². The molecule has 35 heavy (non-hydrogen) atoms. The van der Waals surface area contributed by atoms with Crippen molar-refractivity contribution in [2.24, 2.45) is 0 Å². The Bertz CT molecular complexity index is 1310. The van der Waals surface area contributed by atoms with Gasteiger partial charge in [0.2, 0.25) is 10.0 Å². The number of benzene rings is 2. The fourth-order valence-electron chi connectivity index (χ4n) is 4.77. The number of fused-ring (bicyclic) bond motifs is 1. The van der Waals surface area contributed by atoms with Gasteiger partial charge in [0.05, 0.1) is 22.2 Å². The molecule has 2 aliphatic rings. The highest BCUT2D eigenvalue weighted by molar-refractivity contribution is 7.89. The molecule has 2 aromatic carbocycles. The highest BCUT2D eigenvalue weighted by Gasteiger charge is 2.31. The van der Waals surface area contributed by atoms with E-state index in [-0.39, 0.29) is 16.8 Å². The molecule has 0 spiro atoms. The highest BCUT2D eigenvalue weighted by Crippen LogP contribution is 2.32. The summed E-state index contributed by atoms with van der Waals surface area (Å²) in [6.07, 6.45) is 2.83. The molecule has 186 valence electrons. The van der Waals surface area contributed by atoms with E-state index in [1.54, 1.807) is 47.0 Å². The van der Waals surface area contributed by atoms with Crippen molar-refractivity contribution in [2.75, 3.05) is 44.7 Å². The summed E-state index contributed by atoms with van der Waals surface area (Å²) >= 11 is 1.63. The minimum atomic E-state index is -3.54. The molecule has 2 saturated heterocycles. The molecule has 0 radical (unpaired) electrons. The van der Waals surface area contributed by atoms with Crippen molar-refractivity contribution in [1.29, 1.82) is 0 Å². The van der Waals surface area contributed by atoms with Crippen LogP contribution in [0.15, 0.2) is 47.4 Å². The third-order valence-corrected chi connectivity index (χ3v) is 9.98. The van der Waals surface area contributed by atoms with Crippen LogP contribution in [0.2, 0.25) is 0 Å². The number of sulfonamides is 1. The first kappa shape index (κ1) is 24.0. The zero-order valence-electron chi connectivity index (χ0n) is 20.0. The van der Waals surface area contributed by atoms with E-state index in [1.165, 1.54) is 0 Å². The summed E-state index contributed by atoms with van der Waals surface area (Å²) in [6.45, 7) is 5.08. The summed E-state index contributed by atoms with van der Waals surface area (Å²) in [7, 11) is -1.89. The number of carbonyl (C=O) groups excluding carboxylic acids is 1. The van der Waals surface area contributed by atoms with Gasteiger partial charge in [-0.3, -0.25) is 4.79 Å². The molecule has 0 bridgehead atoms. The van der Waals surface area contributed by atoms with E-state index in [0.717, 1.165) is 40.4 Å². The third-order valence-electron chi connectivity index (χ3n) is 6.87. The van der Waals surface area contributed by atoms with Gasteiger partial charge in [0.1, 0.15) is 5.75 Å². The van der Waals surface area contributed by atoms with Gasteiger partial charge in [-0.25, -0.2) is 13.4 Å². The molecular weight excluding hydrogens is 484 g/mol. The van der Waals surface area contributed by atoms with Crippen LogP contribution in [0.1, 0.15) is 36.5 Å². The second-order valence-electron chi connectivity index (χ2n) is 9.09. The number of ether oxygens (including phenoxy) is 1. The Hall–Kier alpha value is -2.69. The second-order valence-corrected chi connectivity index (χ2v) is 12.0. The van der Waals surface area contributed by atoms with Crippen molar-refractivity contribution in [1.82, 2.24) is 14.2 Å². The van der Waals surface area contributed by atoms with Crippen LogP contribution in [-0.2, 0) is 10.0 Å². The number of amides is 1. The van der Waals surface area contributed by atoms with Gasteiger partial charge in [-0.2, -0.15) is 4.31 Å². The second kappa shape index (κ2) is 9.75. The predicted molar refractivity (Wildman–Crippen MR) is 138 cm³/mol. The molecule has 3 aromatic rings. The lowest BCUT2D eigenvalue weighted by molar-refractivity contribution is 0.0746. The molecule has 8 nitrogen and oxygen atoms in total. The van der Waals surface area contributed by atoms with E-state index in [2.05, 4.69) is 4.90 Å². The van der Waals surface area contributed by atoms with Gasteiger partial charge in [0.15, 0.2) is 5.13 Å². The van der Waals surface area contributed by atoms with E-state index in [1.807, 2.05) is 30.0 Å². The van der Waals surface area contributed by atoms with Crippen molar-refractivity contribution < 1.29 is 17.9 Å². The van der Waals surface area contributed by atoms with Crippen LogP contribution < -0.4 is 9.64 Å². The van der Waals surface area contributed by atoms with Gasteiger partial charge < -0.3 is 14.5 Å². The first-order valence-corrected chi connectivity index (χ1v) is 14.2. The van der Waals surface area contributed by atoms with Crippen molar-refractivity contribution >= 4 is 42.6 Å². The number of hydrogen-bond acceptors (Lipinski definition) is 7. The van der Waals surface area contributed by atoms with Crippen LogP contribution in [-0.4, -0.2) is 74.4 Å². The number of methoxy groups -OCH3 is 1. The van der Waals surface area contributed by atoms with Crippen LogP contribution in [0.25, 0.3) is 10.2 Å². The molecule has 2 fully saturated rings. The Kier molecular flexibility index (Phi) is 6.69. The van der Waals surface area contributed by atoms with Crippen molar-refractivity contribution in [3.8, 4) is 5.75 Å². The molecule has 1 atom stereocenters.